The molecule has 0 spiro atoms. The number of H-pyrrole nitrogens is 1. The molecule has 1 aliphatic rings. The fourth-order valence-corrected chi connectivity index (χ4v) is 4.76. The van der Waals surface area contributed by atoms with Crippen molar-refractivity contribution < 1.29 is 4.79 Å². The normalized spacial score (nSPS) is 13.1. The van der Waals surface area contributed by atoms with E-state index >= 15 is 0 Å². The van der Waals surface area contributed by atoms with E-state index in [0.29, 0.717) is 13.1 Å². The average Bonchev–Trinajstić information content (AvgIpc) is 3.15. The maximum absolute atomic E-state index is 13.2. The van der Waals surface area contributed by atoms with E-state index in [-0.39, 0.29) is 35.0 Å². The van der Waals surface area contributed by atoms with Crippen molar-refractivity contribution in [3.05, 3.63) is 50.2 Å². The van der Waals surface area contributed by atoms with Crippen LogP contribution in [-0.4, -0.2) is 27.8 Å². The summed E-state index contributed by atoms with van der Waals surface area (Å²) in [6, 6.07) is 6.36. The van der Waals surface area contributed by atoms with Crippen molar-refractivity contribution in [1.29, 1.82) is 0 Å². The van der Waals surface area contributed by atoms with Crippen molar-refractivity contribution in [2.75, 3.05) is 22.9 Å². The minimum atomic E-state index is -0.626. The lowest BCUT2D eigenvalue weighted by Gasteiger charge is -2.26. The van der Waals surface area contributed by atoms with Gasteiger partial charge >= 0.3 is 5.69 Å². The molecule has 0 saturated carbocycles. The summed E-state index contributed by atoms with van der Waals surface area (Å²) in [5, 5.41) is 0. The second-order valence-corrected chi connectivity index (χ2v) is 10.0. The van der Waals surface area contributed by atoms with Crippen molar-refractivity contribution in [1.82, 2.24) is 9.55 Å². The molecule has 168 valence electrons. The van der Waals surface area contributed by atoms with E-state index in [0.717, 1.165) is 17.7 Å². The number of nitrogens with two attached hydrogens (primary N) is 1. The Hall–Kier alpha value is -2.48. The monoisotopic (exact) mass is 444 g/mol. The molecule has 0 radical (unpaired) electrons. The number of aryl methyl sites for hydroxylation is 2. The van der Waals surface area contributed by atoms with Crippen LogP contribution in [0.5, 0.6) is 0 Å². The van der Waals surface area contributed by atoms with Crippen LogP contribution in [0.2, 0.25) is 0 Å². The van der Waals surface area contributed by atoms with Gasteiger partial charge in [-0.3, -0.25) is 19.1 Å². The van der Waals surface area contributed by atoms with E-state index in [1.54, 1.807) is 0 Å². The van der Waals surface area contributed by atoms with E-state index in [1.165, 1.54) is 38.8 Å². The Kier molecular flexibility index (Phi) is 7.30. The summed E-state index contributed by atoms with van der Waals surface area (Å²) < 4.78 is 1.34. The third kappa shape index (κ3) is 5.42. The van der Waals surface area contributed by atoms with E-state index in [9.17, 15) is 14.4 Å². The number of rotatable bonds is 8. The number of nitrogens with zero attached hydrogens (tertiary/aromatic N) is 2. The zero-order valence-corrected chi connectivity index (χ0v) is 19.6. The van der Waals surface area contributed by atoms with E-state index in [4.69, 9.17) is 5.73 Å². The minimum Gasteiger partial charge on any atom is -0.383 e. The quantitative estimate of drug-likeness (QED) is 0.610. The van der Waals surface area contributed by atoms with Crippen LogP contribution < -0.4 is 21.9 Å². The summed E-state index contributed by atoms with van der Waals surface area (Å²) in [4.78, 5) is 43.0. The number of thioether (sulfide) groups is 1. The van der Waals surface area contributed by atoms with Crippen molar-refractivity contribution in [3.8, 4) is 0 Å². The smallest absolute Gasteiger partial charge is 0.330 e. The highest BCUT2D eigenvalue weighted by Crippen LogP contribution is 2.28. The van der Waals surface area contributed by atoms with Gasteiger partial charge in [-0.2, -0.15) is 0 Å². The maximum Gasteiger partial charge on any atom is 0.330 e. The van der Waals surface area contributed by atoms with Crippen LogP contribution in [0, 0.1) is 11.8 Å². The number of amides is 1. The first-order chi connectivity index (χ1) is 14.7. The van der Waals surface area contributed by atoms with Gasteiger partial charge in [-0.15, -0.1) is 11.8 Å². The number of aromatic nitrogens is 2. The first-order valence-corrected chi connectivity index (χ1v) is 11.8. The van der Waals surface area contributed by atoms with E-state index in [2.05, 4.69) is 23.2 Å². The molecule has 1 heterocycles. The highest BCUT2D eigenvalue weighted by Gasteiger charge is 2.25. The van der Waals surface area contributed by atoms with Crippen LogP contribution in [0.3, 0.4) is 0 Å². The van der Waals surface area contributed by atoms with Gasteiger partial charge in [0, 0.05) is 18.0 Å². The number of nitrogen functional groups attached to an aromatic ring is 1. The fraction of sp³-hybridized carbons (Fsp3) is 0.522. The lowest BCUT2D eigenvalue weighted by atomic mass is 10.1. The van der Waals surface area contributed by atoms with Crippen molar-refractivity contribution >= 4 is 29.2 Å². The molecule has 3 N–H and O–H groups in total. The van der Waals surface area contributed by atoms with Gasteiger partial charge in [-0.1, -0.05) is 33.8 Å². The summed E-state index contributed by atoms with van der Waals surface area (Å²) in [6.07, 6.45) is 3.38. The zero-order chi connectivity index (χ0) is 22.7. The van der Waals surface area contributed by atoms with Crippen LogP contribution >= 0.6 is 11.8 Å². The molecular formula is C23H32N4O3S. The number of nitrogens with one attached hydrogen (secondary N) is 1. The summed E-state index contributed by atoms with van der Waals surface area (Å²) >= 11 is 1.46. The first-order valence-electron chi connectivity index (χ1n) is 10.8. The average molecular weight is 445 g/mol. The summed E-state index contributed by atoms with van der Waals surface area (Å²) in [7, 11) is 0. The molecule has 0 bridgehead atoms. The molecule has 2 aromatic rings. The fourth-order valence-electron chi connectivity index (χ4n) is 3.93. The lowest BCUT2D eigenvalue weighted by molar-refractivity contribution is -0.116. The van der Waals surface area contributed by atoms with Gasteiger partial charge in [-0.25, -0.2) is 4.79 Å². The molecule has 0 fully saturated rings. The van der Waals surface area contributed by atoms with Gasteiger partial charge in [0.25, 0.3) is 5.56 Å². The van der Waals surface area contributed by atoms with Gasteiger partial charge < -0.3 is 10.6 Å². The van der Waals surface area contributed by atoms with Crippen LogP contribution in [0.15, 0.2) is 32.7 Å². The second kappa shape index (κ2) is 9.77. The first kappa shape index (κ1) is 23.2. The Morgan fingerprint density at radius 1 is 1.16 bits per heavy atom. The molecule has 1 aromatic heterocycles. The van der Waals surface area contributed by atoms with E-state index < -0.39 is 11.2 Å². The van der Waals surface area contributed by atoms with E-state index in [1.807, 2.05) is 27.7 Å². The molecule has 0 atom stereocenters. The Morgan fingerprint density at radius 3 is 2.55 bits per heavy atom. The van der Waals surface area contributed by atoms with Crippen molar-refractivity contribution in [2.24, 2.45) is 11.8 Å². The zero-order valence-electron chi connectivity index (χ0n) is 18.7. The Morgan fingerprint density at radius 2 is 1.87 bits per heavy atom. The molecular weight excluding hydrogens is 412 g/mol. The molecule has 31 heavy (non-hydrogen) atoms. The minimum absolute atomic E-state index is 0.0407. The van der Waals surface area contributed by atoms with Gasteiger partial charge in [0.2, 0.25) is 5.91 Å². The van der Waals surface area contributed by atoms with Gasteiger partial charge in [0.15, 0.2) is 5.69 Å². The topological polar surface area (TPSA) is 101 Å². The number of hydrogen-bond acceptors (Lipinski definition) is 5. The molecule has 0 saturated heterocycles. The van der Waals surface area contributed by atoms with Crippen LogP contribution in [0.25, 0.3) is 0 Å². The lowest BCUT2D eigenvalue weighted by Crippen LogP contribution is -2.43. The molecule has 0 aliphatic heterocycles. The number of aromatic amines is 1. The molecule has 1 amide bonds. The Bertz CT molecular complexity index is 1070. The highest BCUT2D eigenvalue weighted by atomic mass is 32.2. The molecule has 7 nitrogen and oxygen atoms in total. The van der Waals surface area contributed by atoms with Crippen LogP contribution in [0.4, 0.5) is 11.5 Å². The molecule has 8 heteroatoms. The summed E-state index contributed by atoms with van der Waals surface area (Å²) in [6.45, 7) is 8.57. The predicted molar refractivity (Wildman–Crippen MR) is 127 cm³/mol. The number of fused-ring (bicyclic) bond motifs is 1. The highest BCUT2D eigenvalue weighted by molar-refractivity contribution is 8.00. The second-order valence-electron chi connectivity index (χ2n) is 8.97. The Balaban J connectivity index is 1.88. The van der Waals surface area contributed by atoms with Crippen LogP contribution in [-0.2, 0) is 24.2 Å². The Labute approximate surface area is 187 Å². The van der Waals surface area contributed by atoms with Gasteiger partial charge in [-0.05, 0) is 54.4 Å². The van der Waals surface area contributed by atoms with Gasteiger partial charge in [0.05, 0.1) is 5.75 Å². The van der Waals surface area contributed by atoms with Gasteiger partial charge in [0.1, 0.15) is 5.82 Å². The number of benzene rings is 1. The largest absolute Gasteiger partial charge is 0.383 e. The number of anilines is 2. The van der Waals surface area contributed by atoms with Crippen molar-refractivity contribution in [2.45, 2.75) is 58.4 Å². The number of carbonyl (C=O) groups is 1. The standard InChI is InChI=1S/C23H32N4O3S/c1-14(2)11-26(20-21(24)27(12-15(3)4)23(30)25-22(20)29)19(28)13-31-18-9-8-16-6-5-7-17(16)10-18/h8-10,14-15H,5-7,11-13,24H2,1-4H3,(H,25,29,30). The molecule has 0 unspecified atom stereocenters. The molecule has 1 aliphatic carbocycles. The number of hydrogen-bond donors (Lipinski definition) is 2. The third-order valence-electron chi connectivity index (χ3n) is 5.31. The van der Waals surface area contributed by atoms with Crippen LogP contribution in [0.1, 0.15) is 45.2 Å². The summed E-state index contributed by atoms with van der Waals surface area (Å²) in [5.74, 6) is 0.306. The molecule has 1 aromatic carbocycles. The number of carbonyl (C=O) groups excluding carboxylic acids is 1. The maximum atomic E-state index is 13.2. The van der Waals surface area contributed by atoms with Crippen molar-refractivity contribution in [3.63, 3.8) is 0 Å². The third-order valence-corrected chi connectivity index (χ3v) is 6.29. The summed E-state index contributed by atoms with van der Waals surface area (Å²) in [5.41, 5.74) is 7.90. The SMILES string of the molecule is CC(C)CN(C(=O)CSc1ccc2c(c1)CCC2)c1c(N)n(CC(C)C)c(=O)[nH]c1=O. The predicted octanol–water partition coefficient (Wildman–Crippen LogP) is 3.04. The molecule has 3 rings (SSSR count).